The van der Waals surface area contributed by atoms with E-state index in [0.29, 0.717) is 0 Å². The second-order valence-corrected chi connectivity index (χ2v) is 5.37. The number of nitrogens with one attached hydrogen (secondary N) is 1. The molecule has 0 aliphatic rings. The number of carbonyl (C=O) groups is 1. The lowest BCUT2D eigenvalue weighted by atomic mass is 10.0. The van der Waals surface area contributed by atoms with Gasteiger partial charge in [0.05, 0.1) is 11.7 Å². The molecule has 6 heteroatoms. The molecule has 0 bridgehead atoms. The predicted molar refractivity (Wildman–Crippen MR) is 84.7 cm³/mol. The number of ether oxygens (including phenoxy) is 1. The van der Waals surface area contributed by atoms with E-state index in [0.717, 1.165) is 23.3 Å². The number of methoxy groups -OCH3 is 1. The molecule has 24 heavy (non-hydrogen) atoms. The number of rotatable bonds is 5. The van der Waals surface area contributed by atoms with Crippen LogP contribution in [0.2, 0.25) is 0 Å². The Bertz CT molecular complexity index is 713. The van der Waals surface area contributed by atoms with E-state index < -0.39 is 17.6 Å². The van der Waals surface area contributed by atoms with E-state index in [9.17, 15) is 18.0 Å². The quantitative estimate of drug-likeness (QED) is 0.891. The van der Waals surface area contributed by atoms with Gasteiger partial charge in [-0.2, -0.15) is 13.2 Å². The maximum absolute atomic E-state index is 12.7. The van der Waals surface area contributed by atoms with Crippen molar-refractivity contribution in [1.29, 1.82) is 0 Å². The third-order valence-corrected chi connectivity index (χ3v) is 3.72. The number of amides is 1. The lowest BCUT2D eigenvalue weighted by molar-refractivity contribution is -0.137. The Morgan fingerprint density at radius 2 is 1.88 bits per heavy atom. The monoisotopic (exact) mass is 337 g/mol. The van der Waals surface area contributed by atoms with Gasteiger partial charge >= 0.3 is 6.18 Å². The molecule has 0 aromatic heterocycles. The first-order chi connectivity index (χ1) is 11.3. The number of hydrogen-bond donors (Lipinski definition) is 1. The summed E-state index contributed by atoms with van der Waals surface area (Å²) in [7, 11) is 1.52. The van der Waals surface area contributed by atoms with Crippen LogP contribution in [0.1, 0.15) is 33.2 Å². The summed E-state index contributed by atoms with van der Waals surface area (Å²) in [6.45, 7) is 2.09. The first kappa shape index (κ1) is 18.0. The fourth-order valence-electron chi connectivity index (χ4n) is 2.39. The molecular weight excluding hydrogens is 319 g/mol. The highest BCUT2D eigenvalue weighted by atomic mass is 19.4. The largest absolute Gasteiger partial charge is 0.416 e. The number of carbonyl (C=O) groups excluding carboxylic acids is 1. The molecule has 1 atom stereocenters. The van der Waals surface area contributed by atoms with Gasteiger partial charge in [0.1, 0.15) is 0 Å². The van der Waals surface area contributed by atoms with Crippen molar-refractivity contribution in [1.82, 2.24) is 5.32 Å². The number of alkyl halides is 3. The molecule has 128 valence electrons. The van der Waals surface area contributed by atoms with E-state index in [1.807, 2.05) is 31.2 Å². The summed E-state index contributed by atoms with van der Waals surface area (Å²) >= 11 is 0. The summed E-state index contributed by atoms with van der Waals surface area (Å²) in [5, 5.41) is 2.62. The second kappa shape index (κ2) is 7.49. The molecule has 3 nitrogen and oxygen atoms in total. The molecule has 0 spiro atoms. The molecule has 1 amide bonds. The maximum Gasteiger partial charge on any atom is 0.416 e. The smallest absolute Gasteiger partial charge is 0.375 e. The lowest BCUT2D eigenvalue weighted by Gasteiger charge is -2.18. The molecule has 0 saturated heterocycles. The van der Waals surface area contributed by atoms with E-state index in [2.05, 4.69) is 5.32 Å². The van der Waals surface area contributed by atoms with E-state index in [1.54, 1.807) is 0 Å². The van der Waals surface area contributed by atoms with Crippen LogP contribution in [0.25, 0.3) is 0 Å². The van der Waals surface area contributed by atoms with Gasteiger partial charge in [-0.15, -0.1) is 0 Å². The Hall–Kier alpha value is -2.34. The first-order valence-corrected chi connectivity index (χ1v) is 7.36. The van der Waals surface area contributed by atoms with Gasteiger partial charge in [-0.1, -0.05) is 30.3 Å². The molecule has 1 N–H and O–H groups in total. The zero-order chi connectivity index (χ0) is 17.7. The van der Waals surface area contributed by atoms with E-state index >= 15 is 0 Å². The topological polar surface area (TPSA) is 38.3 Å². The van der Waals surface area contributed by atoms with Crippen molar-refractivity contribution in [3.8, 4) is 0 Å². The molecule has 2 aromatic carbocycles. The normalized spacial score (nSPS) is 12.7. The van der Waals surface area contributed by atoms with Crippen molar-refractivity contribution in [3.05, 3.63) is 70.8 Å². The van der Waals surface area contributed by atoms with Crippen molar-refractivity contribution in [2.24, 2.45) is 0 Å². The Labute approximate surface area is 138 Å². The molecule has 0 heterocycles. The highest BCUT2D eigenvalue weighted by Crippen LogP contribution is 2.29. The Morgan fingerprint density at radius 1 is 1.17 bits per heavy atom. The van der Waals surface area contributed by atoms with Gasteiger partial charge in [0.15, 0.2) is 0 Å². The van der Waals surface area contributed by atoms with E-state index in [-0.39, 0.29) is 18.2 Å². The molecule has 0 fully saturated rings. The van der Waals surface area contributed by atoms with Crippen molar-refractivity contribution in [3.63, 3.8) is 0 Å². The van der Waals surface area contributed by atoms with Crippen LogP contribution < -0.4 is 5.32 Å². The average molecular weight is 337 g/mol. The molecule has 0 radical (unpaired) electrons. The minimum atomic E-state index is -4.48. The van der Waals surface area contributed by atoms with Crippen LogP contribution >= 0.6 is 0 Å². The molecule has 1 unspecified atom stereocenters. The molecule has 0 aliphatic carbocycles. The SMILES string of the molecule is COC(CNC(=O)c1cccc(C(F)(F)F)c1)c1ccccc1C. The summed E-state index contributed by atoms with van der Waals surface area (Å²) in [6, 6.07) is 11.9. The minimum Gasteiger partial charge on any atom is -0.375 e. The van der Waals surface area contributed by atoms with E-state index in [1.165, 1.54) is 19.2 Å². The van der Waals surface area contributed by atoms with Crippen LogP contribution in [0.15, 0.2) is 48.5 Å². The van der Waals surface area contributed by atoms with Gasteiger partial charge in [-0.3, -0.25) is 4.79 Å². The first-order valence-electron chi connectivity index (χ1n) is 7.36. The van der Waals surface area contributed by atoms with E-state index in [4.69, 9.17) is 4.74 Å². The Kier molecular flexibility index (Phi) is 5.62. The van der Waals surface area contributed by atoms with Crippen LogP contribution in [0, 0.1) is 6.92 Å². The van der Waals surface area contributed by atoms with Crippen LogP contribution in [0.3, 0.4) is 0 Å². The molecule has 2 aromatic rings. The highest BCUT2D eigenvalue weighted by molar-refractivity contribution is 5.94. The third kappa shape index (κ3) is 4.35. The summed E-state index contributed by atoms with van der Waals surface area (Å²) < 4.78 is 43.5. The minimum absolute atomic E-state index is 0.0375. The number of aryl methyl sites for hydroxylation is 1. The standard InChI is InChI=1S/C18H18F3NO2/c1-12-6-3-4-9-15(12)16(24-2)11-22-17(23)13-7-5-8-14(10-13)18(19,20)21/h3-10,16H,11H2,1-2H3,(H,22,23). The van der Waals surface area contributed by atoms with Gasteiger partial charge in [0.2, 0.25) is 0 Å². The van der Waals surface area contributed by atoms with Gasteiger partial charge in [0.25, 0.3) is 5.91 Å². The lowest BCUT2D eigenvalue weighted by Crippen LogP contribution is -2.29. The van der Waals surface area contributed by atoms with Crippen molar-refractivity contribution >= 4 is 5.91 Å². The van der Waals surface area contributed by atoms with Crippen molar-refractivity contribution in [2.75, 3.05) is 13.7 Å². The van der Waals surface area contributed by atoms with Crippen LogP contribution in [0.5, 0.6) is 0 Å². The average Bonchev–Trinajstić information content (AvgIpc) is 2.56. The zero-order valence-corrected chi connectivity index (χ0v) is 13.4. The van der Waals surface area contributed by atoms with Gasteiger partial charge in [0, 0.05) is 19.2 Å². The predicted octanol–water partition coefficient (Wildman–Crippen LogP) is 4.13. The Morgan fingerprint density at radius 3 is 2.50 bits per heavy atom. The molecule has 0 aliphatic heterocycles. The van der Waals surface area contributed by atoms with Crippen molar-refractivity contribution in [2.45, 2.75) is 19.2 Å². The molecule has 2 rings (SSSR count). The zero-order valence-electron chi connectivity index (χ0n) is 13.4. The molecular formula is C18H18F3NO2. The third-order valence-electron chi connectivity index (χ3n) is 3.72. The second-order valence-electron chi connectivity index (χ2n) is 5.37. The Balaban J connectivity index is 2.08. The summed E-state index contributed by atoms with van der Waals surface area (Å²) in [5.74, 6) is -0.572. The van der Waals surface area contributed by atoms with Crippen LogP contribution in [0.4, 0.5) is 13.2 Å². The van der Waals surface area contributed by atoms with Crippen LogP contribution in [-0.2, 0) is 10.9 Å². The number of benzene rings is 2. The van der Waals surface area contributed by atoms with Crippen LogP contribution in [-0.4, -0.2) is 19.6 Å². The van der Waals surface area contributed by atoms with Gasteiger partial charge in [-0.25, -0.2) is 0 Å². The summed E-state index contributed by atoms with van der Waals surface area (Å²) in [5.41, 5.74) is 1.05. The number of halogens is 3. The maximum atomic E-state index is 12.7. The highest BCUT2D eigenvalue weighted by Gasteiger charge is 2.30. The van der Waals surface area contributed by atoms with Gasteiger partial charge in [-0.05, 0) is 36.2 Å². The summed E-state index contributed by atoms with van der Waals surface area (Å²) in [4.78, 5) is 12.1. The fourth-order valence-corrected chi connectivity index (χ4v) is 2.39. The summed E-state index contributed by atoms with van der Waals surface area (Å²) in [6.07, 6.45) is -4.85. The van der Waals surface area contributed by atoms with Gasteiger partial charge < -0.3 is 10.1 Å². The van der Waals surface area contributed by atoms with Crippen molar-refractivity contribution < 1.29 is 22.7 Å². The fraction of sp³-hybridized carbons (Fsp3) is 0.278. The molecule has 0 saturated carbocycles. The number of hydrogen-bond acceptors (Lipinski definition) is 2.